The van der Waals surface area contributed by atoms with Crippen molar-refractivity contribution in [2.75, 3.05) is 7.11 Å². The Kier molecular flexibility index (Phi) is 6.18. The van der Waals surface area contributed by atoms with E-state index >= 15 is 0 Å². The van der Waals surface area contributed by atoms with Crippen LogP contribution in [0.3, 0.4) is 0 Å². The number of hydrogen-bond donors (Lipinski definition) is 2. The zero-order valence-corrected chi connectivity index (χ0v) is 13.6. The fourth-order valence-corrected chi connectivity index (χ4v) is 2.45. The lowest BCUT2D eigenvalue weighted by molar-refractivity contribution is -0.124. The summed E-state index contributed by atoms with van der Waals surface area (Å²) in [6.45, 7) is 2.33. The summed E-state index contributed by atoms with van der Waals surface area (Å²) in [5, 5.41) is 12.2. The summed E-state index contributed by atoms with van der Waals surface area (Å²) >= 11 is 0. The summed E-state index contributed by atoms with van der Waals surface area (Å²) in [5.41, 5.74) is 2.89. The molecule has 4 nitrogen and oxygen atoms in total. The van der Waals surface area contributed by atoms with Crippen LogP contribution < -0.4 is 10.1 Å². The zero-order chi connectivity index (χ0) is 16.7. The van der Waals surface area contributed by atoms with E-state index in [0.29, 0.717) is 13.0 Å². The molecule has 0 aromatic heterocycles. The highest BCUT2D eigenvalue weighted by Crippen LogP contribution is 2.15. The van der Waals surface area contributed by atoms with Gasteiger partial charge in [-0.25, -0.2) is 0 Å². The monoisotopic (exact) mass is 313 g/mol. The van der Waals surface area contributed by atoms with Crippen molar-refractivity contribution < 1.29 is 14.6 Å². The maximum absolute atomic E-state index is 12.2. The molecule has 0 fully saturated rings. The molecular weight excluding hydrogens is 290 g/mol. The standard InChI is InChI=1S/C19H23NO3/c1-14(11-15-7-9-18(23-2)10-8-15)19(22)20-12-16-5-3-4-6-17(16)13-21/h3-10,14,21H,11-13H2,1-2H3,(H,20,22). The summed E-state index contributed by atoms with van der Waals surface area (Å²) < 4.78 is 5.13. The third kappa shape index (κ3) is 4.83. The van der Waals surface area contributed by atoms with Gasteiger partial charge in [0.05, 0.1) is 13.7 Å². The van der Waals surface area contributed by atoms with Gasteiger partial charge in [-0.05, 0) is 35.2 Å². The molecule has 0 heterocycles. The summed E-state index contributed by atoms with van der Waals surface area (Å²) in [5.74, 6) is 0.699. The molecule has 1 unspecified atom stereocenters. The van der Waals surface area contributed by atoms with Crippen LogP contribution in [0.25, 0.3) is 0 Å². The fraction of sp³-hybridized carbons (Fsp3) is 0.316. The topological polar surface area (TPSA) is 58.6 Å². The van der Waals surface area contributed by atoms with Gasteiger partial charge in [0.25, 0.3) is 0 Å². The molecule has 2 aromatic carbocycles. The molecule has 1 amide bonds. The Hall–Kier alpha value is -2.33. The van der Waals surface area contributed by atoms with Crippen molar-refractivity contribution in [3.8, 4) is 5.75 Å². The largest absolute Gasteiger partial charge is 0.497 e. The van der Waals surface area contributed by atoms with E-state index in [4.69, 9.17) is 4.74 Å². The van der Waals surface area contributed by atoms with Crippen molar-refractivity contribution in [3.05, 3.63) is 65.2 Å². The number of rotatable bonds is 7. The Morgan fingerprint density at radius 1 is 1.13 bits per heavy atom. The van der Waals surface area contributed by atoms with Crippen LogP contribution >= 0.6 is 0 Å². The highest BCUT2D eigenvalue weighted by molar-refractivity contribution is 5.78. The molecule has 4 heteroatoms. The molecule has 0 aliphatic rings. The van der Waals surface area contributed by atoms with Crippen molar-refractivity contribution >= 4 is 5.91 Å². The minimum absolute atomic E-state index is 0.00793. The first-order valence-corrected chi connectivity index (χ1v) is 7.72. The van der Waals surface area contributed by atoms with Gasteiger partial charge in [-0.2, -0.15) is 0 Å². The van der Waals surface area contributed by atoms with Gasteiger partial charge in [-0.15, -0.1) is 0 Å². The first-order valence-electron chi connectivity index (χ1n) is 7.72. The quantitative estimate of drug-likeness (QED) is 0.826. The fourth-order valence-electron chi connectivity index (χ4n) is 2.45. The molecular formula is C19H23NO3. The molecule has 23 heavy (non-hydrogen) atoms. The molecule has 2 N–H and O–H groups in total. The SMILES string of the molecule is COc1ccc(CC(C)C(=O)NCc2ccccc2CO)cc1. The van der Waals surface area contributed by atoms with Gasteiger partial charge in [0.2, 0.25) is 5.91 Å². The molecule has 0 radical (unpaired) electrons. The highest BCUT2D eigenvalue weighted by atomic mass is 16.5. The lowest BCUT2D eigenvalue weighted by Crippen LogP contribution is -2.30. The Balaban J connectivity index is 1.89. The van der Waals surface area contributed by atoms with E-state index in [1.54, 1.807) is 7.11 Å². The second-order valence-electron chi connectivity index (χ2n) is 5.60. The average Bonchev–Trinajstić information content (AvgIpc) is 2.60. The molecule has 0 saturated carbocycles. The van der Waals surface area contributed by atoms with Gasteiger partial charge in [0.15, 0.2) is 0 Å². The van der Waals surface area contributed by atoms with Crippen molar-refractivity contribution in [3.63, 3.8) is 0 Å². The number of carbonyl (C=O) groups excluding carboxylic acids is 1. The lowest BCUT2D eigenvalue weighted by Gasteiger charge is -2.14. The number of aliphatic hydroxyl groups excluding tert-OH is 1. The van der Waals surface area contributed by atoms with Crippen molar-refractivity contribution in [2.24, 2.45) is 5.92 Å². The minimum Gasteiger partial charge on any atom is -0.497 e. The molecule has 2 rings (SSSR count). The third-order valence-electron chi connectivity index (χ3n) is 3.89. The molecule has 122 valence electrons. The highest BCUT2D eigenvalue weighted by Gasteiger charge is 2.14. The van der Waals surface area contributed by atoms with E-state index in [9.17, 15) is 9.90 Å². The maximum Gasteiger partial charge on any atom is 0.223 e. The number of nitrogens with one attached hydrogen (secondary N) is 1. The predicted molar refractivity (Wildman–Crippen MR) is 90.1 cm³/mol. The molecule has 0 aliphatic heterocycles. The normalized spacial score (nSPS) is 11.8. The second kappa shape index (κ2) is 8.34. The zero-order valence-electron chi connectivity index (χ0n) is 13.6. The van der Waals surface area contributed by atoms with Crippen LogP contribution in [0.2, 0.25) is 0 Å². The number of methoxy groups -OCH3 is 1. The van der Waals surface area contributed by atoms with Gasteiger partial charge in [-0.3, -0.25) is 4.79 Å². The van der Waals surface area contributed by atoms with Crippen LogP contribution in [0.4, 0.5) is 0 Å². The summed E-state index contributed by atoms with van der Waals surface area (Å²) in [6.07, 6.45) is 0.678. The number of hydrogen-bond acceptors (Lipinski definition) is 3. The average molecular weight is 313 g/mol. The number of amides is 1. The molecule has 1 atom stereocenters. The molecule has 0 saturated heterocycles. The van der Waals surface area contributed by atoms with E-state index in [0.717, 1.165) is 22.4 Å². The van der Waals surface area contributed by atoms with E-state index in [1.165, 1.54) is 0 Å². The van der Waals surface area contributed by atoms with Gasteiger partial charge in [0, 0.05) is 12.5 Å². The van der Waals surface area contributed by atoms with Crippen LogP contribution in [0.15, 0.2) is 48.5 Å². The van der Waals surface area contributed by atoms with E-state index in [-0.39, 0.29) is 18.4 Å². The second-order valence-corrected chi connectivity index (χ2v) is 5.60. The summed E-state index contributed by atoms with van der Waals surface area (Å²) in [6, 6.07) is 15.3. The number of ether oxygens (including phenoxy) is 1. The Labute approximate surface area is 137 Å². The Morgan fingerprint density at radius 2 is 1.78 bits per heavy atom. The minimum atomic E-state index is -0.121. The van der Waals surface area contributed by atoms with Crippen LogP contribution in [0.1, 0.15) is 23.6 Å². The van der Waals surface area contributed by atoms with E-state index in [2.05, 4.69) is 5.32 Å². The van der Waals surface area contributed by atoms with Gasteiger partial charge in [0.1, 0.15) is 5.75 Å². The number of aliphatic hydroxyl groups is 1. The van der Waals surface area contributed by atoms with Crippen molar-refractivity contribution in [2.45, 2.75) is 26.5 Å². The summed E-state index contributed by atoms with van der Waals surface area (Å²) in [7, 11) is 1.63. The Bertz CT molecular complexity index is 637. The van der Waals surface area contributed by atoms with Gasteiger partial charge in [-0.1, -0.05) is 43.3 Å². The van der Waals surface area contributed by atoms with Crippen LogP contribution in [-0.2, 0) is 24.4 Å². The molecule has 0 bridgehead atoms. The van der Waals surface area contributed by atoms with Crippen molar-refractivity contribution in [1.82, 2.24) is 5.32 Å². The van der Waals surface area contributed by atoms with Gasteiger partial charge < -0.3 is 15.2 Å². The van der Waals surface area contributed by atoms with Crippen molar-refractivity contribution in [1.29, 1.82) is 0 Å². The third-order valence-corrected chi connectivity index (χ3v) is 3.89. The van der Waals surface area contributed by atoms with Crippen LogP contribution in [0, 0.1) is 5.92 Å². The smallest absolute Gasteiger partial charge is 0.223 e. The summed E-state index contributed by atoms with van der Waals surface area (Å²) in [4.78, 5) is 12.2. The number of benzene rings is 2. The molecule has 0 spiro atoms. The van der Waals surface area contributed by atoms with E-state index in [1.807, 2.05) is 55.5 Å². The molecule has 0 aliphatic carbocycles. The first-order chi connectivity index (χ1) is 11.1. The number of carbonyl (C=O) groups is 1. The van der Waals surface area contributed by atoms with E-state index < -0.39 is 0 Å². The van der Waals surface area contributed by atoms with Gasteiger partial charge >= 0.3 is 0 Å². The maximum atomic E-state index is 12.2. The predicted octanol–water partition coefficient (Wildman–Crippen LogP) is 2.68. The Morgan fingerprint density at radius 3 is 2.39 bits per heavy atom. The first kappa shape index (κ1) is 17.0. The molecule has 2 aromatic rings. The van der Waals surface area contributed by atoms with Crippen LogP contribution in [-0.4, -0.2) is 18.1 Å². The lowest BCUT2D eigenvalue weighted by atomic mass is 10.00. The van der Waals surface area contributed by atoms with Crippen LogP contribution in [0.5, 0.6) is 5.75 Å².